The van der Waals surface area contributed by atoms with Crippen molar-refractivity contribution in [3.63, 3.8) is 0 Å². The highest BCUT2D eigenvalue weighted by Crippen LogP contribution is 2.05. The molecule has 18 heavy (non-hydrogen) atoms. The lowest BCUT2D eigenvalue weighted by Crippen LogP contribution is -2.41. The van der Waals surface area contributed by atoms with Gasteiger partial charge in [-0.1, -0.05) is 13.3 Å². The molecule has 0 spiro atoms. The van der Waals surface area contributed by atoms with Crippen LogP contribution in [0.2, 0.25) is 0 Å². The number of nitriles is 1. The van der Waals surface area contributed by atoms with E-state index in [2.05, 4.69) is 10.6 Å². The number of nitrogens with one attached hydrogen (secondary N) is 2. The zero-order valence-electron chi connectivity index (χ0n) is 10.7. The van der Waals surface area contributed by atoms with E-state index in [1.54, 1.807) is 6.26 Å². The number of hydrogen-bond donors (Lipinski definition) is 2. The molecule has 0 aromatic carbocycles. The van der Waals surface area contributed by atoms with E-state index in [-0.39, 0.29) is 19.0 Å². The van der Waals surface area contributed by atoms with Crippen LogP contribution in [0.25, 0.3) is 0 Å². The summed E-state index contributed by atoms with van der Waals surface area (Å²) < 4.78 is 4.89. The standard InChI is InChI=1S/C11H19N3O3S/c1-3-4-7-17-11(16)14-8-9(18-2)10(15)13-6-5-12/h9H,3-4,6-8H2,1-2H3,(H,13,15)(H,14,16). The van der Waals surface area contributed by atoms with Crippen molar-refractivity contribution < 1.29 is 14.3 Å². The van der Waals surface area contributed by atoms with Gasteiger partial charge in [0.1, 0.15) is 11.8 Å². The van der Waals surface area contributed by atoms with Crippen LogP contribution in [-0.4, -0.2) is 43.2 Å². The highest BCUT2D eigenvalue weighted by molar-refractivity contribution is 7.99. The Morgan fingerprint density at radius 1 is 1.44 bits per heavy atom. The van der Waals surface area contributed by atoms with Crippen molar-refractivity contribution in [3.8, 4) is 6.07 Å². The Balaban J connectivity index is 3.88. The van der Waals surface area contributed by atoms with E-state index in [4.69, 9.17) is 10.00 Å². The maximum atomic E-state index is 11.5. The molecule has 6 nitrogen and oxygen atoms in total. The number of rotatable bonds is 8. The molecule has 0 fully saturated rings. The first-order valence-electron chi connectivity index (χ1n) is 5.73. The molecule has 0 heterocycles. The number of unbranched alkanes of at least 4 members (excludes halogenated alkanes) is 1. The van der Waals surface area contributed by atoms with E-state index in [9.17, 15) is 9.59 Å². The van der Waals surface area contributed by atoms with Crippen LogP contribution < -0.4 is 10.6 Å². The fourth-order valence-electron chi connectivity index (χ4n) is 1.06. The second-order valence-corrected chi connectivity index (χ2v) is 4.51. The molecular formula is C11H19N3O3S. The van der Waals surface area contributed by atoms with Gasteiger partial charge in [0.2, 0.25) is 5.91 Å². The molecule has 0 saturated carbocycles. The third kappa shape index (κ3) is 7.79. The maximum Gasteiger partial charge on any atom is 0.407 e. The summed E-state index contributed by atoms with van der Waals surface area (Å²) >= 11 is 1.31. The Labute approximate surface area is 111 Å². The SMILES string of the molecule is CCCCOC(=O)NCC(SC)C(=O)NCC#N. The van der Waals surface area contributed by atoms with Crippen LogP contribution in [0.1, 0.15) is 19.8 Å². The third-order valence-corrected chi connectivity index (χ3v) is 3.03. The summed E-state index contributed by atoms with van der Waals surface area (Å²) in [5.41, 5.74) is 0. The fourth-order valence-corrected chi connectivity index (χ4v) is 1.61. The molecule has 102 valence electrons. The molecule has 0 radical (unpaired) electrons. The van der Waals surface area contributed by atoms with E-state index >= 15 is 0 Å². The Morgan fingerprint density at radius 3 is 2.72 bits per heavy atom. The highest BCUT2D eigenvalue weighted by atomic mass is 32.2. The predicted molar refractivity (Wildman–Crippen MR) is 70.2 cm³/mol. The van der Waals surface area contributed by atoms with Crippen molar-refractivity contribution in [1.29, 1.82) is 5.26 Å². The van der Waals surface area contributed by atoms with Crippen LogP contribution in [0, 0.1) is 11.3 Å². The number of carbonyl (C=O) groups excluding carboxylic acids is 2. The van der Waals surface area contributed by atoms with E-state index < -0.39 is 11.3 Å². The van der Waals surface area contributed by atoms with Gasteiger partial charge in [0.05, 0.1) is 12.7 Å². The summed E-state index contributed by atoms with van der Waals surface area (Å²) in [6.45, 7) is 2.54. The summed E-state index contributed by atoms with van der Waals surface area (Å²) in [6.07, 6.45) is 3.02. The fraction of sp³-hybridized carbons (Fsp3) is 0.727. The Hall–Kier alpha value is -1.42. The second-order valence-electron chi connectivity index (χ2n) is 3.47. The summed E-state index contributed by atoms with van der Waals surface area (Å²) in [4.78, 5) is 22.8. The monoisotopic (exact) mass is 273 g/mol. The van der Waals surface area contributed by atoms with Gasteiger partial charge >= 0.3 is 6.09 Å². The number of carbonyl (C=O) groups is 2. The summed E-state index contributed by atoms with van der Waals surface area (Å²) in [6, 6.07) is 1.82. The van der Waals surface area contributed by atoms with Crippen LogP contribution in [-0.2, 0) is 9.53 Å². The number of hydrogen-bond acceptors (Lipinski definition) is 5. The molecule has 2 N–H and O–H groups in total. The van der Waals surface area contributed by atoms with Gasteiger partial charge in [-0.2, -0.15) is 17.0 Å². The molecule has 1 atom stereocenters. The van der Waals surface area contributed by atoms with E-state index in [1.165, 1.54) is 11.8 Å². The summed E-state index contributed by atoms with van der Waals surface area (Å²) in [5.74, 6) is -0.266. The zero-order valence-corrected chi connectivity index (χ0v) is 11.5. The summed E-state index contributed by atoms with van der Waals surface area (Å²) in [5, 5.41) is 12.9. The van der Waals surface area contributed by atoms with Gasteiger partial charge in [0.25, 0.3) is 0 Å². The van der Waals surface area contributed by atoms with Crippen LogP contribution in [0.3, 0.4) is 0 Å². The Kier molecular flexibility index (Phi) is 9.87. The molecule has 2 amide bonds. The van der Waals surface area contributed by atoms with Crippen molar-refractivity contribution in [2.24, 2.45) is 0 Å². The number of amides is 2. The molecule has 0 aliphatic carbocycles. The lowest BCUT2D eigenvalue weighted by atomic mass is 10.4. The average molecular weight is 273 g/mol. The lowest BCUT2D eigenvalue weighted by molar-refractivity contribution is -0.120. The average Bonchev–Trinajstić information content (AvgIpc) is 2.37. The molecule has 1 unspecified atom stereocenters. The van der Waals surface area contributed by atoms with Crippen molar-refractivity contribution >= 4 is 23.8 Å². The van der Waals surface area contributed by atoms with E-state index in [0.717, 1.165) is 12.8 Å². The van der Waals surface area contributed by atoms with Gasteiger partial charge in [0.15, 0.2) is 0 Å². The predicted octanol–water partition coefficient (Wildman–Crippen LogP) is 0.884. The van der Waals surface area contributed by atoms with Crippen LogP contribution >= 0.6 is 11.8 Å². The minimum absolute atomic E-state index is 0.0309. The minimum Gasteiger partial charge on any atom is -0.450 e. The van der Waals surface area contributed by atoms with Gasteiger partial charge in [0, 0.05) is 6.54 Å². The van der Waals surface area contributed by atoms with Gasteiger partial charge in [-0.15, -0.1) is 0 Å². The zero-order chi connectivity index (χ0) is 13.8. The Bertz CT molecular complexity index is 304. The quantitative estimate of drug-likeness (QED) is 0.506. The maximum absolute atomic E-state index is 11.5. The minimum atomic E-state index is -0.518. The number of nitrogens with zero attached hydrogens (tertiary/aromatic N) is 1. The van der Waals surface area contributed by atoms with Crippen LogP contribution in [0.5, 0.6) is 0 Å². The second kappa shape index (κ2) is 10.7. The lowest BCUT2D eigenvalue weighted by Gasteiger charge is -2.14. The van der Waals surface area contributed by atoms with Gasteiger partial charge in [-0.3, -0.25) is 4.79 Å². The molecule has 0 aromatic heterocycles. The number of thioether (sulfide) groups is 1. The molecule has 0 bridgehead atoms. The van der Waals surface area contributed by atoms with Crippen molar-refractivity contribution in [2.45, 2.75) is 25.0 Å². The normalized spacial score (nSPS) is 11.2. The molecule has 0 aromatic rings. The van der Waals surface area contributed by atoms with Crippen molar-refractivity contribution in [2.75, 3.05) is 26.0 Å². The third-order valence-electron chi connectivity index (χ3n) is 2.08. The van der Waals surface area contributed by atoms with Crippen LogP contribution in [0.4, 0.5) is 4.79 Å². The van der Waals surface area contributed by atoms with Crippen molar-refractivity contribution in [3.05, 3.63) is 0 Å². The molecule has 0 aliphatic rings. The van der Waals surface area contributed by atoms with E-state index in [1.807, 2.05) is 13.0 Å². The molecule has 7 heteroatoms. The van der Waals surface area contributed by atoms with Gasteiger partial charge in [-0.25, -0.2) is 4.79 Å². The van der Waals surface area contributed by atoms with Gasteiger partial charge in [-0.05, 0) is 12.7 Å². The Morgan fingerprint density at radius 2 is 2.17 bits per heavy atom. The summed E-state index contributed by atoms with van der Waals surface area (Å²) in [7, 11) is 0. The first-order chi connectivity index (χ1) is 8.65. The molecule has 0 aliphatic heterocycles. The number of alkyl carbamates (subject to hydrolysis) is 1. The van der Waals surface area contributed by atoms with Crippen molar-refractivity contribution in [1.82, 2.24) is 10.6 Å². The largest absolute Gasteiger partial charge is 0.450 e. The first-order valence-corrected chi connectivity index (χ1v) is 7.02. The van der Waals surface area contributed by atoms with Crippen LogP contribution in [0.15, 0.2) is 0 Å². The molecule has 0 rings (SSSR count). The molecular weight excluding hydrogens is 254 g/mol. The first kappa shape index (κ1) is 16.6. The topological polar surface area (TPSA) is 91.2 Å². The van der Waals surface area contributed by atoms with Gasteiger partial charge < -0.3 is 15.4 Å². The number of ether oxygens (including phenoxy) is 1. The van der Waals surface area contributed by atoms with E-state index in [0.29, 0.717) is 6.61 Å². The molecule has 0 saturated heterocycles. The smallest absolute Gasteiger partial charge is 0.407 e. The highest BCUT2D eigenvalue weighted by Gasteiger charge is 2.17.